The summed E-state index contributed by atoms with van der Waals surface area (Å²) in [6, 6.07) is 5.89. The topological polar surface area (TPSA) is 18.5 Å². The number of hydrogen-bond donors (Lipinski definition) is 0. The van der Waals surface area contributed by atoms with Gasteiger partial charge >= 0.3 is 0 Å². The molecule has 16 heavy (non-hydrogen) atoms. The van der Waals surface area contributed by atoms with Crippen LogP contribution in [0.2, 0.25) is 0 Å². The standard InChI is InChI=1S/C13H17BrO2/c1-13(2,3)16-11-6-4-5-10(14)12(11)15-9-7-8-9/h4-6,9H,7-8H2,1-3H3. The number of ether oxygens (including phenoxy) is 2. The van der Waals surface area contributed by atoms with Crippen LogP contribution in [-0.4, -0.2) is 11.7 Å². The Morgan fingerprint density at radius 3 is 2.50 bits per heavy atom. The molecule has 1 aromatic carbocycles. The molecule has 0 N–H and O–H groups in total. The van der Waals surface area contributed by atoms with Crippen molar-refractivity contribution < 1.29 is 9.47 Å². The molecule has 1 aromatic rings. The third kappa shape index (κ3) is 3.14. The van der Waals surface area contributed by atoms with Crippen molar-refractivity contribution in [2.75, 3.05) is 0 Å². The minimum atomic E-state index is -0.206. The quantitative estimate of drug-likeness (QED) is 0.830. The monoisotopic (exact) mass is 284 g/mol. The van der Waals surface area contributed by atoms with E-state index in [2.05, 4.69) is 15.9 Å². The average molecular weight is 285 g/mol. The molecule has 88 valence electrons. The fourth-order valence-corrected chi connectivity index (χ4v) is 1.81. The maximum atomic E-state index is 5.89. The maximum Gasteiger partial charge on any atom is 0.175 e. The van der Waals surface area contributed by atoms with E-state index in [1.54, 1.807) is 0 Å². The van der Waals surface area contributed by atoms with Crippen molar-refractivity contribution in [2.45, 2.75) is 45.3 Å². The minimum Gasteiger partial charge on any atom is -0.485 e. The molecule has 0 saturated heterocycles. The van der Waals surface area contributed by atoms with Crippen LogP contribution in [0, 0.1) is 0 Å². The van der Waals surface area contributed by atoms with Crippen molar-refractivity contribution >= 4 is 15.9 Å². The first-order valence-electron chi connectivity index (χ1n) is 5.60. The summed E-state index contributed by atoms with van der Waals surface area (Å²) in [5.74, 6) is 1.65. The van der Waals surface area contributed by atoms with E-state index in [9.17, 15) is 0 Å². The summed E-state index contributed by atoms with van der Waals surface area (Å²) in [4.78, 5) is 0. The Labute approximate surface area is 105 Å². The van der Waals surface area contributed by atoms with Crippen LogP contribution in [0.15, 0.2) is 22.7 Å². The van der Waals surface area contributed by atoms with Crippen molar-refractivity contribution in [3.8, 4) is 11.5 Å². The van der Waals surface area contributed by atoms with Gasteiger partial charge in [-0.05, 0) is 61.7 Å². The first-order valence-corrected chi connectivity index (χ1v) is 6.39. The highest BCUT2D eigenvalue weighted by Gasteiger charge is 2.27. The second-order valence-electron chi connectivity index (χ2n) is 5.10. The Kier molecular flexibility index (Phi) is 3.15. The molecular weight excluding hydrogens is 268 g/mol. The number of halogens is 1. The van der Waals surface area contributed by atoms with E-state index in [0.29, 0.717) is 6.10 Å². The molecule has 3 heteroatoms. The van der Waals surface area contributed by atoms with Gasteiger partial charge in [-0.2, -0.15) is 0 Å². The molecule has 0 aromatic heterocycles. The van der Waals surface area contributed by atoms with Crippen LogP contribution in [0.5, 0.6) is 11.5 Å². The molecular formula is C13H17BrO2. The number of hydrogen-bond acceptors (Lipinski definition) is 2. The van der Waals surface area contributed by atoms with Gasteiger partial charge in [0.15, 0.2) is 11.5 Å². The van der Waals surface area contributed by atoms with Gasteiger partial charge in [0.25, 0.3) is 0 Å². The molecule has 0 radical (unpaired) electrons. The lowest BCUT2D eigenvalue weighted by Crippen LogP contribution is -2.23. The molecule has 2 nitrogen and oxygen atoms in total. The first-order chi connectivity index (χ1) is 7.46. The van der Waals surface area contributed by atoms with Crippen LogP contribution >= 0.6 is 15.9 Å². The van der Waals surface area contributed by atoms with Crippen molar-refractivity contribution in [3.05, 3.63) is 22.7 Å². The van der Waals surface area contributed by atoms with Gasteiger partial charge in [0.2, 0.25) is 0 Å². The van der Waals surface area contributed by atoms with Gasteiger partial charge in [-0.15, -0.1) is 0 Å². The summed E-state index contributed by atoms with van der Waals surface area (Å²) < 4.78 is 12.7. The van der Waals surface area contributed by atoms with Crippen molar-refractivity contribution in [1.82, 2.24) is 0 Å². The fourth-order valence-electron chi connectivity index (χ4n) is 1.37. The lowest BCUT2D eigenvalue weighted by atomic mass is 10.2. The molecule has 0 amide bonds. The van der Waals surface area contributed by atoms with Gasteiger partial charge in [0.1, 0.15) is 5.60 Å². The Balaban J connectivity index is 2.24. The summed E-state index contributed by atoms with van der Waals surface area (Å²) in [5.41, 5.74) is -0.206. The van der Waals surface area contributed by atoms with Gasteiger partial charge in [0, 0.05) is 0 Å². The summed E-state index contributed by atoms with van der Waals surface area (Å²) in [7, 11) is 0. The highest BCUT2D eigenvalue weighted by molar-refractivity contribution is 9.10. The highest BCUT2D eigenvalue weighted by atomic mass is 79.9. The van der Waals surface area contributed by atoms with Crippen molar-refractivity contribution in [2.24, 2.45) is 0 Å². The third-order valence-electron chi connectivity index (χ3n) is 2.16. The van der Waals surface area contributed by atoms with Gasteiger partial charge < -0.3 is 9.47 Å². The number of para-hydroxylation sites is 1. The van der Waals surface area contributed by atoms with Crippen LogP contribution in [-0.2, 0) is 0 Å². The first kappa shape index (κ1) is 11.8. The number of rotatable bonds is 3. The van der Waals surface area contributed by atoms with E-state index in [0.717, 1.165) is 28.8 Å². The lowest BCUT2D eigenvalue weighted by Gasteiger charge is -2.23. The molecule has 1 fully saturated rings. The van der Waals surface area contributed by atoms with Crippen LogP contribution in [0.25, 0.3) is 0 Å². The second-order valence-corrected chi connectivity index (χ2v) is 5.95. The normalized spacial score (nSPS) is 16.0. The van der Waals surface area contributed by atoms with Gasteiger partial charge in [0.05, 0.1) is 10.6 Å². The van der Waals surface area contributed by atoms with Crippen LogP contribution in [0.3, 0.4) is 0 Å². The highest BCUT2D eigenvalue weighted by Crippen LogP contribution is 2.40. The van der Waals surface area contributed by atoms with Crippen LogP contribution in [0.1, 0.15) is 33.6 Å². The smallest absolute Gasteiger partial charge is 0.175 e. The van der Waals surface area contributed by atoms with Crippen molar-refractivity contribution in [3.63, 3.8) is 0 Å². The minimum absolute atomic E-state index is 0.206. The molecule has 0 bridgehead atoms. The Hall–Kier alpha value is -0.700. The van der Waals surface area contributed by atoms with E-state index < -0.39 is 0 Å². The fraction of sp³-hybridized carbons (Fsp3) is 0.538. The van der Waals surface area contributed by atoms with Gasteiger partial charge in [-0.3, -0.25) is 0 Å². The predicted molar refractivity (Wildman–Crippen MR) is 68.2 cm³/mol. The largest absolute Gasteiger partial charge is 0.485 e. The maximum absolute atomic E-state index is 5.89. The molecule has 1 aliphatic rings. The summed E-state index contributed by atoms with van der Waals surface area (Å²) >= 11 is 3.51. The third-order valence-corrected chi connectivity index (χ3v) is 2.78. The van der Waals surface area contributed by atoms with Gasteiger partial charge in [-0.1, -0.05) is 6.07 Å². The van der Waals surface area contributed by atoms with Gasteiger partial charge in [-0.25, -0.2) is 0 Å². The lowest BCUT2D eigenvalue weighted by molar-refractivity contribution is 0.122. The molecule has 0 heterocycles. The Morgan fingerprint density at radius 2 is 1.94 bits per heavy atom. The predicted octanol–water partition coefficient (Wildman–Crippen LogP) is 4.17. The van der Waals surface area contributed by atoms with Crippen molar-refractivity contribution in [1.29, 1.82) is 0 Å². The van der Waals surface area contributed by atoms with E-state index in [4.69, 9.17) is 9.47 Å². The summed E-state index contributed by atoms with van der Waals surface area (Å²) in [6.07, 6.45) is 2.67. The van der Waals surface area contributed by atoms with E-state index in [1.807, 2.05) is 39.0 Å². The van der Waals surface area contributed by atoms with E-state index in [1.165, 1.54) is 0 Å². The molecule has 1 saturated carbocycles. The Bertz CT molecular complexity index is 378. The Morgan fingerprint density at radius 1 is 1.25 bits per heavy atom. The summed E-state index contributed by atoms with van der Waals surface area (Å²) in [6.45, 7) is 6.11. The van der Waals surface area contributed by atoms with Crippen LogP contribution < -0.4 is 9.47 Å². The summed E-state index contributed by atoms with van der Waals surface area (Å²) in [5, 5.41) is 0. The zero-order chi connectivity index (χ0) is 11.8. The SMILES string of the molecule is CC(C)(C)Oc1cccc(Br)c1OC1CC1. The molecule has 0 unspecified atom stereocenters. The molecule has 2 rings (SSSR count). The zero-order valence-electron chi connectivity index (χ0n) is 9.92. The molecule has 0 atom stereocenters. The van der Waals surface area contributed by atoms with E-state index in [-0.39, 0.29) is 5.60 Å². The van der Waals surface area contributed by atoms with E-state index >= 15 is 0 Å². The molecule has 0 aliphatic heterocycles. The number of benzene rings is 1. The second kappa shape index (κ2) is 4.28. The average Bonchev–Trinajstić information content (AvgIpc) is 2.92. The molecule has 1 aliphatic carbocycles. The van der Waals surface area contributed by atoms with Crippen LogP contribution in [0.4, 0.5) is 0 Å². The zero-order valence-corrected chi connectivity index (χ0v) is 11.5. The molecule has 0 spiro atoms.